The Morgan fingerprint density at radius 2 is 2.16 bits per heavy atom. The Morgan fingerprint density at radius 3 is 2.96 bits per heavy atom. The third-order valence-electron chi connectivity index (χ3n) is 4.46. The largest absolute Gasteiger partial charge is 0.384 e. The quantitative estimate of drug-likeness (QED) is 0.771. The molecule has 1 aromatic heterocycles. The Labute approximate surface area is 146 Å². The fourth-order valence-corrected chi connectivity index (χ4v) is 3.06. The van der Waals surface area contributed by atoms with Gasteiger partial charge >= 0.3 is 5.69 Å². The summed E-state index contributed by atoms with van der Waals surface area (Å²) >= 11 is 0. The van der Waals surface area contributed by atoms with Crippen LogP contribution in [0.25, 0.3) is 0 Å². The van der Waals surface area contributed by atoms with Gasteiger partial charge in [-0.25, -0.2) is 9.89 Å². The molecule has 0 fully saturated rings. The summed E-state index contributed by atoms with van der Waals surface area (Å²) in [7, 11) is 0. The molecule has 1 aliphatic rings. The molecule has 134 valence electrons. The van der Waals surface area contributed by atoms with Crippen LogP contribution in [-0.2, 0) is 13.0 Å². The molecule has 1 unspecified atom stereocenters. The van der Waals surface area contributed by atoms with Crippen molar-refractivity contribution in [2.24, 2.45) is 5.92 Å². The molecule has 1 aromatic carbocycles. The number of carbonyl (C=O) groups excluding carboxylic acids is 1. The van der Waals surface area contributed by atoms with Gasteiger partial charge in [0.05, 0.1) is 5.56 Å². The zero-order valence-electron chi connectivity index (χ0n) is 14.7. The number of nitrogens with one attached hydrogen (secondary N) is 3. The summed E-state index contributed by atoms with van der Waals surface area (Å²) in [6.45, 7) is 5.65. The Balaban J connectivity index is 1.66. The predicted octanol–water partition coefficient (Wildman–Crippen LogP) is 1.77. The van der Waals surface area contributed by atoms with Crippen LogP contribution in [0.15, 0.2) is 29.1 Å². The molecule has 0 saturated heterocycles. The third kappa shape index (κ3) is 4.10. The number of fused-ring (bicyclic) bond motifs is 1. The summed E-state index contributed by atoms with van der Waals surface area (Å²) in [6.07, 6.45) is 2.17. The number of aromatic nitrogens is 3. The number of H-pyrrole nitrogens is 1. The van der Waals surface area contributed by atoms with Crippen LogP contribution in [0.5, 0.6) is 0 Å². The second-order valence-electron chi connectivity index (χ2n) is 6.91. The smallest absolute Gasteiger partial charge is 0.343 e. The summed E-state index contributed by atoms with van der Waals surface area (Å²) in [4.78, 5) is 24.4. The third-order valence-corrected chi connectivity index (χ3v) is 4.46. The molecule has 1 atom stereocenters. The number of para-hydroxylation sites is 1. The van der Waals surface area contributed by atoms with E-state index in [1.165, 1.54) is 0 Å². The van der Waals surface area contributed by atoms with Gasteiger partial charge in [0.25, 0.3) is 5.91 Å². The minimum atomic E-state index is -0.176. The average molecular weight is 343 g/mol. The van der Waals surface area contributed by atoms with E-state index < -0.39 is 0 Å². The molecule has 3 N–H and O–H groups in total. The minimum absolute atomic E-state index is 0.0340. The van der Waals surface area contributed by atoms with Crippen molar-refractivity contribution in [2.45, 2.75) is 45.7 Å². The molecule has 0 aliphatic carbocycles. The lowest BCUT2D eigenvalue weighted by molar-refractivity contribution is 0.0933. The van der Waals surface area contributed by atoms with E-state index in [9.17, 15) is 9.59 Å². The number of hydrogen-bond acceptors (Lipinski definition) is 4. The fourth-order valence-electron chi connectivity index (χ4n) is 3.06. The number of aryl methyl sites for hydroxylation is 1. The maximum Gasteiger partial charge on any atom is 0.343 e. The molecule has 0 saturated carbocycles. The summed E-state index contributed by atoms with van der Waals surface area (Å²) in [5.41, 5.74) is 1.33. The number of aromatic amines is 1. The summed E-state index contributed by atoms with van der Waals surface area (Å²) < 4.78 is 1.66. The van der Waals surface area contributed by atoms with E-state index in [2.05, 4.69) is 34.7 Å². The van der Waals surface area contributed by atoms with Gasteiger partial charge in [0, 0.05) is 31.2 Å². The maximum absolute atomic E-state index is 12.7. The monoisotopic (exact) mass is 343 g/mol. The average Bonchev–Trinajstić information content (AvgIpc) is 2.82. The number of amides is 1. The van der Waals surface area contributed by atoms with Gasteiger partial charge in [-0.3, -0.25) is 9.36 Å². The lowest BCUT2D eigenvalue weighted by Crippen LogP contribution is -2.36. The van der Waals surface area contributed by atoms with Crippen molar-refractivity contribution >= 4 is 11.6 Å². The molecule has 7 heteroatoms. The standard InChI is InChI=1S/C18H25N5O2/c1-12(2)11-19-15-6-4-3-5-14(15)17(24)20-13-7-8-16-21-22-18(25)23(16)10-9-13/h3-6,12-13,19H,7-11H2,1-2H3,(H,20,24)(H,22,25). The van der Waals surface area contributed by atoms with Crippen LogP contribution < -0.4 is 16.3 Å². The zero-order chi connectivity index (χ0) is 17.8. The van der Waals surface area contributed by atoms with Crippen molar-refractivity contribution in [2.75, 3.05) is 11.9 Å². The Morgan fingerprint density at radius 1 is 1.36 bits per heavy atom. The van der Waals surface area contributed by atoms with Crippen LogP contribution in [-0.4, -0.2) is 33.3 Å². The highest BCUT2D eigenvalue weighted by molar-refractivity contribution is 5.99. The van der Waals surface area contributed by atoms with E-state index in [0.29, 0.717) is 24.4 Å². The van der Waals surface area contributed by atoms with E-state index in [0.717, 1.165) is 30.9 Å². The van der Waals surface area contributed by atoms with Gasteiger partial charge in [0.2, 0.25) is 0 Å². The van der Waals surface area contributed by atoms with Crippen LogP contribution in [0.2, 0.25) is 0 Å². The number of benzene rings is 1. The van der Waals surface area contributed by atoms with Crippen LogP contribution >= 0.6 is 0 Å². The van der Waals surface area contributed by atoms with E-state index in [1.807, 2.05) is 24.3 Å². The summed E-state index contributed by atoms with van der Waals surface area (Å²) in [6, 6.07) is 7.60. The first-order valence-electron chi connectivity index (χ1n) is 8.82. The molecule has 0 radical (unpaired) electrons. The first-order valence-corrected chi connectivity index (χ1v) is 8.82. The van der Waals surface area contributed by atoms with Gasteiger partial charge in [0.1, 0.15) is 5.82 Å². The van der Waals surface area contributed by atoms with Gasteiger partial charge in [-0.2, -0.15) is 5.10 Å². The van der Waals surface area contributed by atoms with Gasteiger partial charge in [0.15, 0.2) is 0 Å². The lowest BCUT2D eigenvalue weighted by Gasteiger charge is -2.18. The van der Waals surface area contributed by atoms with E-state index in [4.69, 9.17) is 0 Å². The Hall–Kier alpha value is -2.57. The van der Waals surface area contributed by atoms with Gasteiger partial charge < -0.3 is 10.6 Å². The topological polar surface area (TPSA) is 91.8 Å². The van der Waals surface area contributed by atoms with Crippen LogP contribution in [0.1, 0.15) is 42.9 Å². The lowest BCUT2D eigenvalue weighted by atomic mass is 10.1. The summed E-state index contributed by atoms with van der Waals surface area (Å²) in [5.74, 6) is 1.18. The van der Waals surface area contributed by atoms with E-state index in [-0.39, 0.29) is 17.6 Å². The molecule has 1 amide bonds. The van der Waals surface area contributed by atoms with Crippen molar-refractivity contribution in [3.63, 3.8) is 0 Å². The van der Waals surface area contributed by atoms with Gasteiger partial charge in [-0.05, 0) is 30.9 Å². The molecular weight excluding hydrogens is 318 g/mol. The van der Waals surface area contributed by atoms with Crippen molar-refractivity contribution < 1.29 is 4.79 Å². The number of hydrogen-bond donors (Lipinski definition) is 3. The molecule has 1 aliphatic heterocycles. The minimum Gasteiger partial charge on any atom is -0.384 e. The second kappa shape index (κ2) is 7.55. The van der Waals surface area contributed by atoms with E-state index in [1.54, 1.807) is 4.57 Å². The van der Waals surface area contributed by atoms with E-state index >= 15 is 0 Å². The number of carbonyl (C=O) groups is 1. The van der Waals surface area contributed by atoms with Crippen molar-refractivity contribution in [3.8, 4) is 0 Å². The number of anilines is 1. The maximum atomic E-state index is 12.7. The molecule has 7 nitrogen and oxygen atoms in total. The molecular formula is C18H25N5O2. The number of nitrogens with zero attached hydrogens (tertiary/aromatic N) is 2. The fraction of sp³-hybridized carbons (Fsp3) is 0.500. The first kappa shape index (κ1) is 17.3. The first-order chi connectivity index (χ1) is 12.0. The Kier molecular flexibility index (Phi) is 5.21. The van der Waals surface area contributed by atoms with Crippen LogP contribution in [0.4, 0.5) is 5.69 Å². The van der Waals surface area contributed by atoms with Gasteiger partial charge in [-0.15, -0.1) is 0 Å². The predicted molar refractivity (Wildman–Crippen MR) is 96.8 cm³/mol. The molecule has 3 rings (SSSR count). The zero-order valence-corrected chi connectivity index (χ0v) is 14.7. The summed E-state index contributed by atoms with van der Waals surface area (Å²) in [5, 5.41) is 13.0. The van der Waals surface area contributed by atoms with Crippen molar-refractivity contribution in [1.82, 2.24) is 20.1 Å². The SMILES string of the molecule is CC(C)CNc1ccccc1C(=O)NC1CCc2n[nH]c(=O)n2CC1. The van der Waals surface area contributed by atoms with Gasteiger partial charge in [-0.1, -0.05) is 26.0 Å². The highest BCUT2D eigenvalue weighted by Gasteiger charge is 2.21. The number of rotatable bonds is 5. The normalized spacial score (nSPS) is 17.0. The molecule has 0 bridgehead atoms. The highest BCUT2D eigenvalue weighted by atomic mass is 16.2. The van der Waals surface area contributed by atoms with Crippen LogP contribution in [0.3, 0.4) is 0 Å². The molecule has 0 spiro atoms. The molecule has 2 heterocycles. The molecule has 25 heavy (non-hydrogen) atoms. The van der Waals surface area contributed by atoms with Crippen molar-refractivity contribution in [1.29, 1.82) is 0 Å². The van der Waals surface area contributed by atoms with Crippen molar-refractivity contribution in [3.05, 3.63) is 46.1 Å². The second-order valence-corrected chi connectivity index (χ2v) is 6.91. The Bertz CT molecular complexity index is 793. The molecule has 2 aromatic rings. The highest BCUT2D eigenvalue weighted by Crippen LogP contribution is 2.17. The van der Waals surface area contributed by atoms with Crippen LogP contribution in [0, 0.1) is 5.92 Å².